The second-order valence-electron chi connectivity index (χ2n) is 9.97. The minimum Gasteiger partial charge on any atom is -0.332 e. The van der Waals surface area contributed by atoms with Crippen LogP contribution in [0, 0.1) is 18.3 Å². The smallest absolute Gasteiger partial charge is 0.332 e. The third-order valence-electron chi connectivity index (χ3n) is 6.10. The zero-order valence-corrected chi connectivity index (χ0v) is 21.8. The summed E-state index contributed by atoms with van der Waals surface area (Å²) in [7, 11) is 5.86. The summed E-state index contributed by atoms with van der Waals surface area (Å²) in [5.41, 5.74) is 0.00139. The fraction of sp³-hybridized carbons (Fsp3) is 0.259. The number of alkyl halides is 3. The maximum atomic E-state index is 13.7. The zero-order chi connectivity index (χ0) is 28.5. The highest BCUT2D eigenvalue weighted by Crippen LogP contribution is 2.32. The van der Waals surface area contributed by atoms with Crippen LogP contribution in [-0.2, 0) is 6.18 Å². The highest BCUT2D eigenvalue weighted by Gasteiger charge is 2.32. The number of rotatable bonds is 6. The van der Waals surface area contributed by atoms with Gasteiger partial charge in [-0.1, -0.05) is 6.07 Å². The van der Waals surface area contributed by atoms with E-state index >= 15 is 0 Å². The first-order valence-corrected chi connectivity index (χ1v) is 12.0. The topological polar surface area (TPSA) is 97.6 Å². The molecule has 12 heteroatoms. The van der Waals surface area contributed by atoms with Crippen molar-refractivity contribution in [2.24, 2.45) is 0 Å². The van der Waals surface area contributed by atoms with Crippen LogP contribution in [0.3, 0.4) is 0 Å². The van der Waals surface area contributed by atoms with Gasteiger partial charge in [0.2, 0.25) is 0 Å². The second-order valence-corrected chi connectivity index (χ2v) is 9.97. The van der Waals surface area contributed by atoms with Crippen molar-refractivity contribution in [2.45, 2.75) is 13.1 Å². The predicted molar refractivity (Wildman–Crippen MR) is 139 cm³/mol. The number of imidazole rings is 1. The Morgan fingerprint density at radius 1 is 1.08 bits per heavy atom. The van der Waals surface area contributed by atoms with Gasteiger partial charge in [0, 0.05) is 0 Å². The SMILES string of the molecule is Cc1c(-c2ccnn2-c2ccc(C#N)cc2)n(C(=O)NCC[N+](C)(C)C)c(=O)n1-c1cccc(C(F)(F)F)c1. The van der Waals surface area contributed by atoms with E-state index in [0.717, 1.165) is 21.3 Å². The number of nitrogens with one attached hydrogen (secondary N) is 1. The Balaban J connectivity index is 1.91. The van der Waals surface area contributed by atoms with Gasteiger partial charge in [-0.25, -0.2) is 18.8 Å². The number of carbonyl (C=O) groups is 1. The molecule has 39 heavy (non-hydrogen) atoms. The summed E-state index contributed by atoms with van der Waals surface area (Å²) in [5.74, 6) is 0. The van der Waals surface area contributed by atoms with E-state index in [0.29, 0.717) is 28.0 Å². The molecule has 0 aliphatic heterocycles. The number of hydrogen-bond donors (Lipinski definition) is 1. The van der Waals surface area contributed by atoms with Crippen LogP contribution in [0.2, 0.25) is 0 Å². The molecule has 0 saturated heterocycles. The van der Waals surface area contributed by atoms with Crippen LogP contribution < -0.4 is 11.0 Å². The van der Waals surface area contributed by atoms with Gasteiger partial charge in [-0.3, -0.25) is 4.57 Å². The summed E-state index contributed by atoms with van der Waals surface area (Å²) in [6.07, 6.45) is -3.13. The van der Waals surface area contributed by atoms with Crippen LogP contribution >= 0.6 is 0 Å². The fourth-order valence-corrected chi connectivity index (χ4v) is 4.16. The number of halogens is 3. The first-order valence-electron chi connectivity index (χ1n) is 12.0. The summed E-state index contributed by atoms with van der Waals surface area (Å²) in [6, 6.07) is 13.8. The van der Waals surface area contributed by atoms with Gasteiger partial charge in [-0.15, -0.1) is 0 Å². The van der Waals surface area contributed by atoms with Gasteiger partial charge in [0.15, 0.2) is 0 Å². The third-order valence-corrected chi connectivity index (χ3v) is 6.10. The molecule has 4 rings (SSSR count). The van der Waals surface area contributed by atoms with Crippen molar-refractivity contribution in [1.82, 2.24) is 24.2 Å². The molecule has 2 aromatic carbocycles. The van der Waals surface area contributed by atoms with Gasteiger partial charge in [0.1, 0.15) is 5.69 Å². The van der Waals surface area contributed by atoms with Crippen LogP contribution in [0.5, 0.6) is 0 Å². The van der Waals surface area contributed by atoms with Crippen LogP contribution in [0.4, 0.5) is 18.0 Å². The van der Waals surface area contributed by atoms with Crippen molar-refractivity contribution < 1.29 is 22.4 Å². The van der Waals surface area contributed by atoms with E-state index in [9.17, 15) is 22.8 Å². The molecule has 0 bridgehead atoms. The molecule has 0 atom stereocenters. The quantitative estimate of drug-likeness (QED) is 0.376. The molecule has 0 aliphatic carbocycles. The summed E-state index contributed by atoms with van der Waals surface area (Å²) in [5, 5.41) is 16.2. The largest absolute Gasteiger partial charge is 0.416 e. The standard InChI is InChI=1S/C27H26F3N7O2/c1-18-24(23-12-13-33-36(23)21-10-8-19(17-31)9-11-21)35(25(38)32-14-15-37(2,3)4)26(39)34(18)22-7-5-6-20(16-22)27(28,29)30/h5-13,16H,14-15H2,1-4H3/p+1. The normalized spacial score (nSPS) is 11.8. The lowest BCUT2D eigenvalue weighted by molar-refractivity contribution is -0.869. The Hall–Kier alpha value is -4.63. The average molecular weight is 539 g/mol. The van der Waals surface area contributed by atoms with Crippen molar-refractivity contribution >= 4 is 6.03 Å². The Morgan fingerprint density at radius 3 is 2.38 bits per heavy atom. The lowest BCUT2D eigenvalue weighted by atomic mass is 10.2. The Labute approximate surface area is 222 Å². The molecule has 2 aromatic heterocycles. The number of carbonyl (C=O) groups excluding carboxylic acids is 1. The lowest BCUT2D eigenvalue weighted by Gasteiger charge is -2.23. The first-order chi connectivity index (χ1) is 18.3. The van der Waals surface area contributed by atoms with E-state index in [-0.39, 0.29) is 23.6 Å². The monoisotopic (exact) mass is 538 g/mol. The van der Waals surface area contributed by atoms with Crippen molar-refractivity contribution in [3.05, 3.63) is 88.1 Å². The predicted octanol–water partition coefficient (Wildman–Crippen LogP) is 3.95. The minimum absolute atomic E-state index is 0.0316. The molecule has 0 spiro atoms. The maximum Gasteiger partial charge on any atom is 0.416 e. The molecule has 0 unspecified atom stereocenters. The number of nitrogens with zero attached hydrogens (tertiary/aromatic N) is 6. The van der Waals surface area contributed by atoms with Crippen molar-refractivity contribution in [3.63, 3.8) is 0 Å². The van der Waals surface area contributed by atoms with E-state index in [2.05, 4.69) is 10.4 Å². The number of hydrogen-bond acceptors (Lipinski definition) is 4. The highest BCUT2D eigenvalue weighted by atomic mass is 19.4. The molecule has 1 N–H and O–H groups in total. The Kier molecular flexibility index (Phi) is 7.21. The highest BCUT2D eigenvalue weighted by molar-refractivity contribution is 5.83. The van der Waals surface area contributed by atoms with Crippen LogP contribution in [0.1, 0.15) is 16.8 Å². The molecule has 0 radical (unpaired) electrons. The van der Waals surface area contributed by atoms with E-state index in [4.69, 9.17) is 5.26 Å². The molecule has 202 valence electrons. The van der Waals surface area contributed by atoms with E-state index in [1.807, 2.05) is 27.2 Å². The third kappa shape index (κ3) is 5.63. The summed E-state index contributed by atoms with van der Waals surface area (Å²) >= 11 is 0. The molecule has 9 nitrogen and oxygen atoms in total. The molecule has 0 saturated carbocycles. The van der Waals surface area contributed by atoms with Crippen molar-refractivity contribution in [3.8, 4) is 28.8 Å². The molecule has 0 fully saturated rings. The molecule has 0 aliphatic rings. The number of nitriles is 1. The number of quaternary nitrogens is 1. The maximum absolute atomic E-state index is 13.7. The van der Waals surface area contributed by atoms with Crippen LogP contribution in [0.15, 0.2) is 65.6 Å². The van der Waals surface area contributed by atoms with E-state index in [1.54, 1.807) is 37.3 Å². The number of likely N-dealkylation sites (N-methyl/N-ethyl adjacent to an activating group) is 1. The summed E-state index contributed by atoms with van der Waals surface area (Å²) in [4.78, 5) is 27.1. The average Bonchev–Trinajstić information content (AvgIpc) is 3.44. The van der Waals surface area contributed by atoms with Gasteiger partial charge >= 0.3 is 17.9 Å². The van der Waals surface area contributed by atoms with Crippen LogP contribution in [0.25, 0.3) is 22.8 Å². The Morgan fingerprint density at radius 2 is 1.77 bits per heavy atom. The van der Waals surface area contributed by atoms with Gasteiger partial charge in [-0.05, 0) is 55.5 Å². The second kappa shape index (κ2) is 10.3. The van der Waals surface area contributed by atoms with Gasteiger partial charge in [0.05, 0.1) is 80.4 Å². The first kappa shape index (κ1) is 27.4. The van der Waals surface area contributed by atoms with Crippen molar-refractivity contribution in [1.29, 1.82) is 5.26 Å². The van der Waals surface area contributed by atoms with Crippen LogP contribution in [-0.4, -0.2) is 63.7 Å². The number of aromatic nitrogens is 4. The zero-order valence-electron chi connectivity index (χ0n) is 21.8. The fourth-order valence-electron chi connectivity index (χ4n) is 4.16. The van der Waals surface area contributed by atoms with Gasteiger partial charge < -0.3 is 9.80 Å². The summed E-state index contributed by atoms with van der Waals surface area (Å²) < 4.78 is 44.4. The Bertz CT molecular complexity index is 1620. The van der Waals surface area contributed by atoms with Gasteiger partial charge in [-0.2, -0.15) is 23.5 Å². The molecule has 4 aromatic rings. The molecule has 1 amide bonds. The number of benzene rings is 2. The molecular weight excluding hydrogens is 511 g/mol. The van der Waals surface area contributed by atoms with Crippen molar-refractivity contribution in [2.75, 3.05) is 34.2 Å². The minimum atomic E-state index is -4.62. The molecule has 2 heterocycles. The van der Waals surface area contributed by atoms with Gasteiger partial charge in [0.25, 0.3) is 0 Å². The van der Waals surface area contributed by atoms with E-state index < -0.39 is 23.5 Å². The molecular formula is C27H27F3N7O2+. The van der Waals surface area contributed by atoms with E-state index in [1.165, 1.54) is 23.0 Å². The lowest BCUT2D eigenvalue weighted by Crippen LogP contribution is -2.44. The number of amides is 1. The summed E-state index contributed by atoms with van der Waals surface area (Å²) in [6.45, 7) is 2.39.